The highest BCUT2D eigenvalue weighted by Crippen LogP contribution is 2.39. The number of hydrogen-bond donors (Lipinski definition) is 1. The van der Waals surface area contributed by atoms with Gasteiger partial charge in [-0.1, -0.05) is 0 Å². The summed E-state index contributed by atoms with van der Waals surface area (Å²) in [7, 11) is 3.45. The average Bonchev–Trinajstić information content (AvgIpc) is 3.41. The van der Waals surface area contributed by atoms with E-state index in [0.717, 1.165) is 34.3 Å². The smallest absolute Gasteiger partial charge is 0.404 e. The summed E-state index contributed by atoms with van der Waals surface area (Å²) < 4.78 is 14.5. The molecule has 0 bridgehead atoms. The van der Waals surface area contributed by atoms with Gasteiger partial charge in [0.1, 0.15) is 22.2 Å². The molecule has 6 rings (SSSR count). The van der Waals surface area contributed by atoms with Gasteiger partial charge < -0.3 is 24.7 Å². The molecule has 1 atom stereocenters. The molecule has 4 aromatic rings. The first-order chi connectivity index (χ1) is 17.9. The molecule has 1 aliphatic heterocycles. The van der Waals surface area contributed by atoms with Gasteiger partial charge in [0, 0.05) is 30.5 Å². The molecule has 0 radical (unpaired) electrons. The predicted octanol–water partition coefficient (Wildman–Crippen LogP) is 4.02. The highest BCUT2D eigenvalue weighted by atomic mass is 32.1. The average molecular weight is 522 g/mol. The molecule has 10 nitrogen and oxygen atoms in total. The van der Waals surface area contributed by atoms with Crippen LogP contribution in [-0.4, -0.2) is 63.2 Å². The van der Waals surface area contributed by atoms with Crippen LogP contribution in [0.4, 0.5) is 4.79 Å². The lowest BCUT2D eigenvalue weighted by Crippen LogP contribution is -2.44. The maximum absolute atomic E-state index is 13.4. The number of nitrogens with two attached hydrogens (primary N) is 1. The van der Waals surface area contributed by atoms with Gasteiger partial charge in [0.2, 0.25) is 5.91 Å². The van der Waals surface area contributed by atoms with Crippen LogP contribution in [0.15, 0.2) is 29.6 Å². The Balaban J connectivity index is 1.41. The second-order valence-electron chi connectivity index (χ2n) is 9.65. The van der Waals surface area contributed by atoms with E-state index < -0.39 is 12.2 Å². The summed E-state index contributed by atoms with van der Waals surface area (Å²) in [5.74, 6) is 1.09. The van der Waals surface area contributed by atoms with Crippen molar-refractivity contribution in [1.29, 1.82) is 0 Å². The molecule has 0 spiro atoms. The zero-order chi connectivity index (χ0) is 25.8. The molecule has 37 heavy (non-hydrogen) atoms. The molecule has 3 aromatic heterocycles. The third-order valence-electron chi connectivity index (χ3n) is 7.14. The number of hydrogen-bond acceptors (Lipinski definition) is 7. The standard InChI is InChI=1S/C26H27N5O5S/c1-29-21-18(28-22(29)19-11-15-7-9-37-25(15)31(19)24(33)14-5-6-14)10-16(12-20(21)35-2)23(32)30-8-3-4-17(13-30)36-26(27)34/h7,9-12,14,17H,3-6,8,13H2,1-2H3,(H2,27,34). The summed E-state index contributed by atoms with van der Waals surface area (Å²) in [5.41, 5.74) is 7.66. The van der Waals surface area contributed by atoms with Crippen molar-refractivity contribution in [1.82, 2.24) is 19.0 Å². The van der Waals surface area contributed by atoms with Crippen LogP contribution >= 0.6 is 11.3 Å². The number of benzene rings is 1. The second kappa shape index (κ2) is 8.91. The van der Waals surface area contributed by atoms with Crippen LogP contribution in [0.2, 0.25) is 0 Å². The SMILES string of the molecule is COc1cc(C(=O)N2CCCC(OC(N)=O)C2)cc2nc(-c3cc4ccsc4n3C(=O)C3CC3)n(C)c12. The Labute approximate surface area is 216 Å². The van der Waals surface area contributed by atoms with Gasteiger partial charge in [-0.3, -0.25) is 14.2 Å². The number of thiophene rings is 1. The second-order valence-corrected chi connectivity index (χ2v) is 10.5. The Kier molecular flexibility index (Phi) is 5.67. The minimum atomic E-state index is -0.840. The van der Waals surface area contributed by atoms with Crippen LogP contribution in [0.3, 0.4) is 0 Å². The predicted molar refractivity (Wildman–Crippen MR) is 139 cm³/mol. The Bertz CT molecular complexity index is 1560. The zero-order valence-electron chi connectivity index (χ0n) is 20.6. The summed E-state index contributed by atoms with van der Waals surface area (Å²) in [6.07, 6.45) is 1.93. The molecular weight excluding hydrogens is 494 g/mol. The van der Waals surface area contributed by atoms with Crippen LogP contribution in [0.1, 0.15) is 40.8 Å². The van der Waals surface area contributed by atoms with Crippen LogP contribution in [-0.2, 0) is 11.8 Å². The molecule has 2 fully saturated rings. The fourth-order valence-corrected chi connectivity index (χ4v) is 6.10. The molecule has 1 saturated carbocycles. The number of rotatable bonds is 5. The van der Waals surface area contributed by atoms with Crippen molar-refractivity contribution >= 4 is 50.5 Å². The largest absolute Gasteiger partial charge is 0.494 e. The molecule has 4 heterocycles. The fourth-order valence-electron chi connectivity index (χ4n) is 5.20. The maximum atomic E-state index is 13.4. The molecule has 2 N–H and O–H groups in total. The number of aromatic nitrogens is 3. The third kappa shape index (κ3) is 4.03. The number of amides is 2. The Morgan fingerprint density at radius 1 is 1.16 bits per heavy atom. The number of piperidine rings is 1. The Hall–Kier alpha value is -3.86. The molecule has 11 heteroatoms. The van der Waals surface area contributed by atoms with E-state index in [-0.39, 0.29) is 24.3 Å². The summed E-state index contributed by atoms with van der Waals surface area (Å²) in [5, 5.41) is 2.99. The van der Waals surface area contributed by atoms with Crippen molar-refractivity contribution in [3.8, 4) is 17.3 Å². The monoisotopic (exact) mass is 521 g/mol. The van der Waals surface area contributed by atoms with Gasteiger partial charge >= 0.3 is 6.09 Å². The van der Waals surface area contributed by atoms with Crippen molar-refractivity contribution in [3.05, 3.63) is 35.2 Å². The van der Waals surface area contributed by atoms with Gasteiger partial charge in [-0.15, -0.1) is 11.3 Å². The van der Waals surface area contributed by atoms with E-state index in [1.165, 1.54) is 0 Å². The van der Waals surface area contributed by atoms with Crippen LogP contribution in [0, 0.1) is 5.92 Å². The number of likely N-dealkylation sites (tertiary alicyclic amines) is 1. The van der Waals surface area contributed by atoms with E-state index in [1.807, 2.05) is 29.1 Å². The molecule has 2 amide bonds. The number of methoxy groups -OCH3 is 1. The molecular formula is C26H27N5O5S. The third-order valence-corrected chi connectivity index (χ3v) is 8.05. The summed E-state index contributed by atoms with van der Waals surface area (Å²) >= 11 is 1.54. The lowest BCUT2D eigenvalue weighted by Gasteiger charge is -2.32. The van der Waals surface area contributed by atoms with Crippen molar-refractivity contribution in [2.24, 2.45) is 18.7 Å². The normalized spacial score (nSPS) is 17.9. The highest BCUT2D eigenvalue weighted by molar-refractivity contribution is 7.17. The topological polar surface area (TPSA) is 122 Å². The van der Waals surface area contributed by atoms with E-state index in [1.54, 1.807) is 40.0 Å². The first kappa shape index (κ1) is 23.5. The van der Waals surface area contributed by atoms with Crippen molar-refractivity contribution in [3.63, 3.8) is 0 Å². The Morgan fingerprint density at radius 2 is 1.97 bits per heavy atom. The Morgan fingerprint density at radius 3 is 2.70 bits per heavy atom. The van der Waals surface area contributed by atoms with Crippen molar-refractivity contribution in [2.75, 3.05) is 20.2 Å². The number of carbonyl (C=O) groups is 3. The molecule has 1 saturated heterocycles. The minimum Gasteiger partial charge on any atom is -0.494 e. The number of imidazole rings is 1. The quantitative estimate of drug-likeness (QED) is 0.423. The number of aryl methyl sites for hydroxylation is 1. The lowest BCUT2D eigenvalue weighted by molar-refractivity contribution is 0.0373. The number of ether oxygens (including phenoxy) is 2. The van der Waals surface area contributed by atoms with Crippen molar-refractivity contribution in [2.45, 2.75) is 31.8 Å². The van der Waals surface area contributed by atoms with E-state index >= 15 is 0 Å². The van der Waals surface area contributed by atoms with Gasteiger partial charge in [-0.25, -0.2) is 9.78 Å². The first-order valence-electron chi connectivity index (χ1n) is 12.3. The number of carbonyl (C=O) groups excluding carboxylic acids is 3. The lowest BCUT2D eigenvalue weighted by atomic mass is 10.1. The molecule has 2 aliphatic rings. The van der Waals surface area contributed by atoms with Crippen LogP contribution in [0.25, 0.3) is 32.8 Å². The van der Waals surface area contributed by atoms with E-state index in [9.17, 15) is 14.4 Å². The molecule has 1 aliphatic carbocycles. The van der Waals surface area contributed by atoms with Gasteiger partial charge in [-0.2, -0.15) is 0 Å². The maximum Gasteiger partial charge on any atom is 0.404 e. The summed E-state index contributed by atoms with van der Waals surface area (Å²) in [6.45, 7) is 0.835. The van der Waals surface area contributed by atoms with Crippen molar-refractivity contribution < 1.29 is 23.9 Å². The first-order valence-corrected chi connectivity index (χ1v) is 13.2. The zero-order valence-corrected chi connectivity index (χ0v) is 21.4. The van der Waals surface area contributed by atoms with E-state index in [0.29, 0.717) is 42.0 Å². The summed E-state index contributed by atoms with van der Waals surface area (Å²) in [4.78, 5) is 45.3. The molecule has 1 aromatic carbocycles. The van der Waals surface area contributed by atoms with Gasteiger partial charge in [0.05, 0.1) is 24.9 Å². The van der Waals surface area contributed by atoms with Gasteiger partial charge in [0.15, 0.2) is 5.82 Å². The van der Waals surface area contributed by atoms with Gasteiger partial charge in [-0.05, 0) is 55.3 Å². The fraction of sp³-hybridized carbons (Fsp3) is 0.385. The molecule has 192 valence electrons. The number of nitrogens with zero attached hydrogens (tertiary/aromatic N) is 4. The van der Waals surface area contributed by atoms with E-state index in [4.69, 9.17) is 20.2 Å². The van der Waals surface area contributed by atoms with Gasteiger partial charge in [0.25, 0.3) is 5.91 Å². The number of primary amides is 1. The van der Waals surface area contributed by atoms with Crippen LogP contribution < -0.4 is 10.5 Å². The van der Waals surface area contributed by atoms with Crippen LogP contribution in [0.5, 0.6) is 5.75 Å². The molecule has 1 unspecified atom stereocenters. The number of fused-ring (bicyclic) bond motifs is 2. The summed E-state index contributed by atoms with van der Waals surface area (Å²) in [6, 6.07) is 7.47. The highest BCUT2D eigenvalue weighted by Gasteiger charge is 2.34. The minimum absolute atomic E-state index is 0.0526. The van der Waals surface area contributed by atoms with E-state index in [2.05, 4.69) is 0 Å².